The van der Waals surface area contributed by atoms with Crippen molar-refractivity contribution in [2.45, 2.75) is 31.7 Å². The van der Waals surface area contributed by atoms with Crippen LogP contribution in [0, 0.1) is 17.2 Å². The molecule has 2 aliphatic heterocycles. The Hall–Kier alpha value is -1.76. The van der Waals surface area contributed by atoms with Crippen molar-refractivity contribution >= 4 is 17.4 Å². The molecular weight excluding hydrogens is 391 g/mol. The van der Waals surface area contributed by atoms with E-state index in [0.29, 0.717) is 27.7 Å². The molecule has 1 N–H and O–H groups in total. The summed E-state index contributed by atoms with van der Waals surface area (Å²) in [5.41, 5.74) is 1.63. The number of likely N-dealkylation sites (tertiary alicyclic amines) is 1. The van der Waals surface area contributed by atoms with E-state index >= 15 is 0 Å². The lowest BCUT2D eigenvalue weighted by Gasteiger charge is -2.60. The molecule has 1 saturated carbocycles. The molecule has 1 aromatic carbocycles. The van der Waals surface area contributed by atoms with E-state index in [0.717, 1.165) is 24.9 Å². The summed E-state index contributed by atoms with van der Waals surface area (Å²) in [7, 11) is 0. The molecule has 1 aromatic heterocycles. The monoisotopic (exact) mass is 416 g/mol. The van der Waals surface area contributed by atoms with Crippen LogP contribution in [0.3, 0.4) is 0 Å². The molecule has 0 radical (unpaired) electrons. The van der Waals surface area contributed by atoms with Gasteiger partial charge in [0.2, 0.25) is 0 Å². The Bertz CT molecular complexity index is 858. The summed E-state index contributed by atoms with van der Waals surface area (Å²) in [5, 5.41) is 12.4. The molecule has 5 nitrogen and oxygen atoms in total. The number of hydrogen-bond donors (Lipinski definition) is 1. The second kappa shape index (κ2) is 7.82. The van der Waals surface area contributed by atoms with E-state index in [-0.39, 0.29) is 5.82 Å². The predicted molar refractivity (Wildman–Crippen MR) is 111 cm³/mol. The Morgan fingerprint density at radius 1 is 1.21 bits per heavy atom. The number of nitrogens with one attached hydrogen (secondary N) is 1. The van der Waals surface area contributed by atoms with Crippen LogP contribution in [0.4, 0.5) is 10.2 Å². The van der Waals surface area contributed by atoms with E-state index in [1.807, 2.05) is 12.1 Å². The van der Waals surface area contributed by atoms with Gasteiger partial charge >= 0.3 is 0 Å². The van der Waals surface area contributed by atoms with Crippen molar-refractivity contribution in [3.8, 4) is 11.3 Å². The molecule has 0 bridgehead atoms. The molecule has 1 spiro atoms. The molecule has 1 aliphatic carbocycles. The average Bonchev–Trinajstić information content (AvgIpc) is 2.68. The van der Waals surface area contributed by atoms with Gasteiger partial charge in [0.25, 0.3) is 0 Å². The van der Waals surface area contributed by atoms with Crippen LogP contribution in [-0.4, -0.2) is 54.0 Å². The molecule has 1 unspecified atom stereocenters. The zero-order chi connectivity index (χ0) is 19.8. The maximum absolute atomic E-state index is 13.5. The maximum Gasteiger partial charge on any atom is 0.148 e. The van der Waals surface area contributed by atoms with Gasteiger partial charge in [-0.25, -0.2) is 4.39 Å². The van der Waals surface area contributed by atoms with Crippen molar-refractivity contribution in [2.24, 2.45) is 11.3 Å². The minimum absolute atomic E-state index is 0.335. The lowest BCUT2D eigenvalue weighted by molar-refractivity contribution is -0.0827. The van der Waals surface area contributed by atoms with E-state index in [9.17, 15) is 4.39 Å². The maximum atomic E-state index is 13.5. The van der Waals surface area contributed by atoms with Crippen molar-refractivity contribution < 1.29 is 9.13 Å². The molecule has 1 atom stereocenters. The molecule has 5 rings (SSSR count). The van der Waals surface area contributed by atoms with Crippen molar-refractivity contribution in [3.63, 3.8) is 0 Å². The van der Waals surface area contributed by atoms with E-state index in [1.54, 1.807) is 0 Å². The molecule has 29 heavy (non-hydrogen) atoms. The van der Waals surface area contributed by atoms with Gasteiger partial charge in [-0.15, -0.1) is 10.2 Å². The number of aromatic nitrogens is 2. The SMILES string of the molecule is Fc1ccc(Cl)c(-c2ccc(NC3CC4(C3)CN(CC3CCCOC3)C4)nn2)c1. The molecular formula is C22H26ClFN4O. The first-order chi connectivity index (χ1) is 14.1. The number of rotatable bonds is 5. The van der Waals surface area contributed by atoms with Crippen LogP contribution in [0.5, 0.6) is 0 Å². The number of anilines is 1. The third-order valence-corrected chi connectivity index (χ3v) is 6.80. The Kier molecular flexibility index (Phi) is 5.18. The lowest BCUT2D eigenvalue weighted by atomic mass is 9.60. The summed E-state index contributed by atoms with van der Waals surface area (Å²) in [6, 6.07) is 8.44. The molecule has 7 heteroatoms. The fraction of sp³-hybridized carbons (Fsp3) is 0.545. The van der Waals surface area contributed by atoms with Gasteiger partial charge in [-0.05, 0) is 67.3 Å². The summed E-state index contributed by atoms with van der Waals surface area (Å²) >= 11 is 6.15. The predicted octanol–water partition coefficient (Wildman–Crippen LogP) is 4.24. The van der Waals surface area contributed by atoms with E-state index in [4.69, 9.17) is 16.3 Å². The normalized spacial score (nSPS) is 24.1. The van der Waals surface area contributed by atoms with Gasteiger partial charge in [0.1, 0.15) is 11.6 Å². The third-order valence-electron chi connectivity index (χ3n) is 6.47. The second-order valence-corrected chi connectivity index (χ2v) is 9.34. The van der Waals surface area contributed by atoms with Crippen molar-refractivity contribution in [2.75, 3.05) is 38.2 Å². The highest BCUT2D eigenvalue weighted by atomic mass is 35.5. The molecule has 0 amide bonds. The van der Waals surface area contributed by atoms with Crippen LogP contribution in [0.15, 0.2) is 30.3 Å². The molecule has 3 fully saturated rings. The minimum Gasteiger partial charge on any atom is -0.381 e. The van der Waals surface area contributed by atoms with E-state index in [1.165, 1.54) is 63.5 Å². The first-order valence-corrected chi connectivity index (χ1v) is 10.8. The smallest absolute Gasteiger partial charge is 0.148 e. The highest BCUT2D eigenvalue weighted by Gasteiger charge is 2.52. The van der Waals surface area contributed by atoms with Gasteiger partial charge in [-0.1, -0.05) is 11.6 Å². The first-order valence-electron chi connectivity index (χ1n) is 10.4. The number of benzene rings is 1. The van der Waals surface area contributed by atoms with Crippen molar-refractivity contribution in [3.05, 3.63) is 41.2 Å². The molecule has 2 aromatic rings. The number of hydrogen-bond acceptors (Lipinski definition) is 5. The summed E-state index contributed by atoms with van der Waals surface area (Å²) in [4.78, 5) is 2.59. The Morgan fingerprint density at radius 2 is 2.07 bits per heavy atom. The first kappa shape index (κ1) is 19.2. The Morgan fingerprint density at radius 3 is 2.79 bits per heavy atom. The third kappa shape index (κ3) is 4.11. The minimum atomic E-state index is -0.335. The van der Waals surface area contributed by atoms with Crippen molar-refractivity contribution in [1.82, 2.24) is 15.1 Å². The zero-order valence-electron chi connectivity index (χ0n) is 16.4. The van der Waals surface area contributed by atoms with Crippen LogP contribution >= 0.6 is 11.6 Å². The van der Waals surface area contributed by atoms with Crippen LogP contribution in [0.2, 0.25) is 5.02 Å². The lowest BCUT2D eigenvalue weighted by Crippen LogP contribution is -2.65. The topological polar surface area (TPSA) is 50.3 Å². The number of halogens is 2. The molecule has 3 aliphatic rings. The summed E-state index contributed by atoms with van der Waals surface area (Å²) in [5.74, 6) is 1.14. The van der Waals surface area contributed by atoms with Crippen LogP contribution in [0.1, 0.15) is 25.7 Å². The molecule has 2 saturated heterocycles. The fourth-order valence-corrected chi connectivity index (χ4v) is 5.36. The van der Waals surface area contributed by atoms with Gasteiger partial charge < -0.3 is 15.0 Å². The standard InChI is InChI=1S/C22H26ClFN4O/c23-19-4-3-16(24)8-18(19)20-5-6-21(27-26-20)25-17-9-22(10-17)13-28(14-22)11-15-2-1-7-29-12-15/h3-6,8,15,17H,1-2,7,9-14H2,(H,25,27). The molecule has 3 heterocycles. The van der Waals surface area contributed by atoms with Gasteiger partial charge in [0.05, 0.1) is 17.3 Å². The highest BCUT2D eigenvalue weighted by molar-refractivity contribution is 6.33. The van der Waals surface area contributed by atoms with E-state index in [2.05, 4.69) is 20.4 Å². The van der Waals surface area contributed by atoms with Crippen molar-refractivity contribution in [1.29, 1.82) is 0 Å². The second-order valence-electron chi connectivity index (χ2n) is 8.93. The Balaban J connectivity index is 1.10. The zero-order valence-corrected chi connectivity index (χ0v) is 17.2. The largest absolute Gasteiger partial charge is 0.381 e. The van der Waals surface area contributed by atoms with Crippen LogP contribution in [0.25, 0.3) is 11.3 Å². The van der Waals surface area contributed by atoms with Gasteiger partial charge in [-0.3, -0.25) is 0 Å². The van der Waals surface area contributed by atoms with Gasteiger partial charge in [0, 0.05) is 37.8 Å². The average molecular weight is 417 g/mol. The van der Waals surface area contributed by atoms with Crippen LogP contribution in [-0.2, 0) is 4.74 Å². The highest BCUT2D eigenvalue weighted by Crippen LogP contribution is 2.49. The summed E-state index contributed by atoms with van der Waals surface area (Å²) in [6.45, 7) is 5.49. The van der Waals surface area contributed by atoms with Gasteiger partial charge in [0.15, 0.2) is 0 Å². The summed E-state index contributed by atoms with van der Waals surface area (Å²) < 4.78 is 19.1. The Labute approximate surface area is 175 Å². The molecule has 154 valence electrons. The fourth-order valence-electron chi connectivity index (χ4n) is 5.15. The number of ether oxygens (including phenoxy) is 1. The van der Waals surface area contributed by atoms with Crippen LogP contribution < -0.4 is 5.32 Å². The van der Waals surface area contributed by atoms with E-state index < -0.39 is 0 Å². The summed E-state index contributed by atoms with van der Waals surface area (Å²) in [6.07, 6.45) is 4.89. The van der Waals surface area contributed by atoms with Gasteiger partial charge in [-0.2, -0.15) is 0 Å². The number of nitrogens with zero attached hydrogens (tertiary/aromatic N) is 3. The quantitative estimate of drug-likeness (QED) is 0.790.